The monoisotopic (exact) mass is 271 g/mol. The van der Waals surface area contributed by atoms with Gasteiger partial charge in [-0.15, -0.1) is 11.3 Å². The summed E-state index contributed by atoms with van der Waals surface area (Å²) >= 11 is 1.79. The fraction of sp³-hybridized carbons (Fsp3) is 0.267. The van der Waals surface area contributed by atoms with Gasteiger partial charge in [-0.2, -0.15) is 0 Å². The minimum Gasteiger partial charge on any atom is -0.351 e. The number of hydrogen-bond acceptors (Lipinski definition) is 3. The Bertz CT molecular complexity index is 696. The molecule has 0 atom stereocenters. The van der Waals surface area contributed by atoms with E-state index in [1.807, 2.05) is 6.07 Å². The molecule has 3 nitrogen and oxygen atoms in total. The molecule has 0 radical (unpaired) electrons. The first kappa shape index (κ1) is 12.2. The molecule has 3 rings (SSSR count). The highest BCUT2D eigenvalue weighted by Gasteiger charge is 2.09. The Kier molecular flexibility index (Phi) is 3.25. The van der Waals surface area contributed by atoms with Crippen molar-refractivity contribution in [1.29, 1.82) is 0 Å². The lowest BCUT2D eigenvalue weighted by atomic mass is 10.3. The maximum Gasteiger partial charge on any atom is 0.204 e. The van der Waals surface area contributed by atoms with Gasteiger partial charge in [-0.05, 0) is 43.0 Å². The number of benzene rings is 1. The van der Waals surface area contributed by atoms with Crippen molar-refractivity contribution in [3.05, 3.63) is 46.2 Å². The number of para-hydroxylation sites is 2. The van der Waals surface area contributed by atoms with Crippen molar-refractivity contribution in [2.24, 2.45) is 0 Å². The molecule has 0 spiro atoms. The minimum absolute atomic E-state index is 0.840. The molecule has 0 unspecified atom stereocenters. The second-order valence-corrected chi connectivity index (χ2v) is 5.55. The van der Waals surface area contributed by atoms with E-state index in [2.05, 4.69) is 58.4 Å². The molecule has 98 valence electrons. The molecule has 0 saturated heterocycles. The maximum absolute atomic E-state index is 4.67. The summed E-state index contributed by atoms with van der Waals surface area (Å²) < 4.78 is 2.22. The van der Waals surface area contributed by atoms with Crippen molar-refractivity contribution in [1.82, 2.24) is 9.55 Å². The van der Waals surface area contributed by atoms with E-state index in [1.165, 1.54) is 16.0 Å². The Balaban J connectivity index is 1.90. The van der Waals surface area contributed by atoms with E-state index in [4.69, 9.17) is 0 Å². The van der Waals surface area contributed by atoms with Crippen LogP contribution in [0.1, 0.15) is 17.4 Å². The topological polar surface area (TPSA) is 29.9 Å². The molecule has 1 aromatic carbocycles. The first-order chi connectivity index (χ1) is 9.29. The molecule has 3 aromatic rings. The van der Waals surface area contributed by atoms with Crippen molar-refractivity contribution in [2.75, 3.05) is 5.32 Å². The third-order valence-electron chi connectivity index (χ3n) is 3.35. The van der Waals surface area contributed by atoms with E-state index in [1.54, 1.807) is 11.3 Å². The van der Waals surface area contributed by atoms with Gasteiger partial charge in [0.25, 0.3) is 0 Å². The predicted octanol–water partition coefficient (Wildman–Crippen LogP) is 4.04. The van der Waals surface area contributed by atoms with Gasteiger partial charge in [-0.25, -0.2) is 4.98 Å². The van der Waals surface area contributed by atoms with Crippen LogP contribution in [-0.4, -0.2) is 9.55 Å². The summed E-state index contributed by atoms with van der Waals surface area (Å²) in [4.78, 5) is 6.04. The number of aryl methyl sites for hydroxylation is 2. The van der Waals surface area contributed by atoms with Crippen molar-refractivity contribution in [3.8, 4) is 0 Å². The fourth-order valence-corrected chi connectivity index (χ4v) is 3.12. The normalized spacial score (nSPS) is 11.1. The van der Waals surface area contributed by atoms with Gasteiger partial charge in [-0.3, -0.25) is 0 Å². The summed E-state index contributed by atoms with van der Waals surface area (Å²) in [5.74, 6) is 0.955. The van der Waals surface area contributed by atoms with Crippen LogP contribution in [0.15, 0.2) is 35.7 Å². The molecule has 2 heterocycles. The van der Waals surface area contributed by atoms with Crippen LogP contribution in [0.25, 0.3) is 11.0 Å². The van der Waals surface area contributed by atoms with Crippen LogP contribution < -0.4 is 5.32 Å². The Morgan fingerprint density at radius 3 is 2.84 bits per heavy atom. The van der Waals surface area contributed by atoms with Crippen molar-refractivity contribution >= 4 is 28.3 Å². The van der Waals surface area contributed by atoms with Gasteiger partial charge in [0.15, 0.2) is 0 Å². The molecular weight excluding hydrogens is 254 g/mol. The lowest BCUT2D eigenvalue weighted by Gasteiger charge is -2.08. The summed E-state index contributed by atoms with van der Waals surface area (Å²) in [6, 6.07) is 10.4. The maximum atomic E-state index is 4.67. The molecule has 0 aliphatic heterocycles. The molecule has 2 aromatic heterocycles. The molecule has 4 heteroatoms. The fourth-order valence-electron chi connectivity index (χ4n) is 2.28. The van der Waals surface area contributed by atoms with Crippen LogP contribution in [0.4, 0.5) is 5.95 Å². The number of hydrogen-bond donors (Lipinski definition) is 1. The van der Waals surface area contributed by atoms with Gasteiger partial charge in [0, 0.05) is 11.4 Å². The van der Waals surface area contributed by atoms with Gasteiger partial charge >= 0.3 is 0 Å². The number of anilines is 1. The molecular formula is C15H17N3S. The van der Waals surface area contributed by atoms with Crippen molar-refractivity contribution in [3.63, 3.8) is 0 Å². The summed E-state index contributed by atoms with van der Waals surface area (Å²) in [7, 11) is 0. The second-order valence-electron chi connectivity index (χ2n) is 4.55. The van der Waals surface area contributed by atoms with Crippen molar-refractivity contribution in [2.45, 2.75) is 26.9 Å². The van der Waals surface area contributed by atoms with Crippen LogP contribution in [0.2, 0.25) is 0 Å². The molecule has 0 bridgehead atoms. The molecule has 0 amide bonds. The summed E-state index contributed by atoms with van der Waals surface area (Å²) in [6.07, 6.45) is 0. The number of fused-ring (bicyclic) bond motifs is 1. The van der Waals surface area contributed by atoms with Gasteiger partial charge in [0.05, 0.1) is 17.6 Å². The summed E-state index contributed by atoms with van der Waals surface area (Å²) in [5, 5.41) is 5.59. The van der Waals surface area contributed by atoms with E-state index in [9.17, 15) is 0 Å². The van der Waals surface area contributed by atoms with E-state index < -0.39 is 0 Å². The van der Waals surface area contributed by atoms with E-state index in [-0.39, 0.29) is 0 Å². The molecule has 0 aliphatic rings. The number of imidazole rings is 1. The quantitative estimate of drug-likeness (QED) is 0.776. The highest BCUT2D eigenvalue weighted by atomic mass is 32.1. The SMILES string of the molecule is CCn1c(NCc2sccc2C)nc2ccccc21. The zero-order valence-corrected chi connectivity index (χ0v) is 12.0. The van der Waals surface area contributed by atoms with E-state index in [0.717, 1.165) is 24.6 Å². The highest BCUT2D eigenvalue weighted by Crippen LogP contribution is 2.21. The number of thiophene rings is 1. The Morgan fingerprint density at radius 1 is 1.26 bits per heavy atom. The average molecular weight is 271 g/mol. The molecule has 0 saturated carbocycles. The number of nitrogens with one attached hydrogen (secondary N) is 1. The zero-order chi connectivity index (χ0) is 13.2. The highest BCUT2D eigenvalue weighted by molar-refractivity contribution is 7.10. The lowest BCUT2D eigenvalue weighted by Crippen LogP contribution is -2.06. The van der Waals surface area contributed by atoms with Crippen LogP contribution in [0, 0.1) is 6.92 Å². The summed E-state index contributed by atoms with van der Waals surface area (Å²) in [6.45, 7) is 6.06. The Morgan fingerprint density at radius 2 is 2.11 bits per heavy atom. The third-order valence-corrected chi connectivity index (χ3v) is 4.37. The predicted molar refractivity (Wildman–Crippen MR) is 81.8 cm³/mol. The van der Waals surface area contributed by atoms with Gasteiger partial charge < -0.3 is 9.88 Å². The molecule has 1 N–H and O–H groups in total. The number of nitrogens with zero attached hydrogens (tertiary/aromatic N) is 2. The summed E-state index contributed by atoms with van der Waals surface area (Å²) in [5.41, 5.74) is 3.59. The van der Waals surface area contributed by atoms with Gasteiger partial charge in [0.1, 0.15) is 0 Å². The van der Waals surface area contributed by atoms with Crippen molar-refractivity contribution < 1.29 is 0 Å². The lowest BCUT2D eigenvalue weighted by molar-refractivity contribution is 0.788. The Hall–Kier alpha value is -1.81. The Labute approximate surface area is 116 Å². The number of aromatic nitrogens is 2. The minimum atomic E-state index is 0.840. The van der Waals surface area contributed by atoms with E-state index in [0.29, 0.717) is 0 Å². The third kappa shape index (κ3) is 2.24. The van der Waals surface area contributed by atoms with Crippen LogP contribution in [0.5, 0.6) is 0 Å². The van der Waals surface area contributed by atoms with E-state index >= 15 is 0 Å². The standard InChI is InChI=1S/C15H17N3S/c1-3-18-13-7-5-4-6-12(13)17-15(18)16-10-14-11(2)8-9-19-14/h4-9H,3,10H2,1-2H3,(H,16,17). The first-order valence-electron chi connectivity index (χ1n) is 6.51. The number of rotatable bonds is 4. The van der Waals surface area contributed by atoms with Crippen LogP contribution in [-0.2, 0) is 13.1 Å². The first-order valence-corrected chi connectivity index (χ1v) is 7.39. The smallest absolute Gasteiger partial charge is 0.204 e. The van der Waals surface area contributed by atoms with Gasteiger partial charge in [0.2, 0.25) is 5.95 Å². The molecule has 0 aliphatic carbocycles. The zero-order valence-electron chi connectivity index (χ0n) is 11.2. The van der Waals surface area contributed by atoms with Gasteiger partial charge in [-0.1, -0.05) is 12.1 Å². The van der Waals surface area contributed by atoms with Crippen LogP contribution in [0.3, 0.4) is 0 Å². The molecule has 0 fully saturated rings. The van der Waals surface area contributed by atoms with Crippen LogP contribution >= 0.6 is 11.3 Å². The second kappa shape index (κ2) is 5.05. The largest absolute Gasteiger partial charge is 0.351 e. The average Bonchev–Trinajstić information content (AvgIpc) is 2.99. The molecule has 19 heavy (non-hydrogen) atoms.